The van der Waals surface area contributed by atoms with E-state index in [0.717, 1.165) is 0 Å². The van der Waals surface area contributed by atoms with Crippen molar-refractivity contribution in [1.29, 1.82) is 0 Å². The monoisotopic (exact) mass is 268 g/mol. The molecule has 0 amide bonds. The van der Waals surface area contributed by atoms with Crippen LogP contribution in [0.15, 0.2) is 30.3 Å². The molecule has 1 aromatic carbocycles. The number of benzene rings is 1. The molecule has 0 aromatic heterocycles. The van der Waals surface area contributed by atoms with Crippen LogP contribution in [0.3, 0.4) is 0 Å². The lowest BCUT2D eigenvalue weighted by Gasteiger charge is -2.30. The van der Waals surface area contributed by atoms with E-state index in [9.17, 15) is 9.90 Å². The van der Waals surface area contributed by atoms with Gasteiger partial charge in [-0.25, -0.2) is 4.79 Å². The van der Waals surface area contributed by atoms with Gasteiger partial charge in [0.2, 0.25) is 5.79 Å². The van der Waals surface area contributed by atoms with E-state index in [-0.39, 0.29) is 19.8 Å². The zero-order valence-electron chi connectivity index (χ0n) is 10.3. The second-order valence-electron chi connectivity index (χ2n) is 4.15. The van der Waals surface area contributed by atoms with E-state index in [1.54, 1.807) is 30.3 Å². The van der Waals surface area contributed by atoms with Gasteiger partial charge in [-0.1, -0.05) is 18.2 Å². The molecule has 1 aliphatic rings. The topological polar surface area (TPSA) is 85.2 Å². The van der Waals surface area contributed by atoms with Crippen LogP contribution in [0.1, 0.15) is 10.4 Å². The van der Waals surface area contributed by atoms with Crippen LogP contribution in [0.4, 0.5) is 0 Å². The highest BCUT2D eigenvalue weighted by molar-refractivity contribution is 5.89. The first kappa shape index (κ1) is 14.0. The number of carbonyl (C=O) groups is 1. The average molecular weight is 268 g/mol. The molecule has 0 aliphatic carbocycles. The molecule has 2 N–H and O–H groups in total. The summed E-state index contributed by atoms with van der Waals surface area (Å²) in [7, 11) is 0. The first-order valence-corrected chi connectivity index (χ1v) is 5.97. The molecule has 0 bridgehead atoms. The summed E-state index contributed by atoms with van der Waals surface area (Å²) in [5, 5.41) is 18.7. The van der Waals surface area contributed by atoms with Crippen molar-refractivity contribution in [2.24, 2.45) is 0 Å². The van der Waals surface area contributed by atoms with Crippen LogP contribution < -0.4 is 0 Å². The summed E-state index contributed by atoms with van der Waals surface area (Å²) in [6, 6.07) is 8.47. The van der Waals surface area contributed by atoms with Crippen LogP contribution in [-0.4, -0.2) is 54.5 Å². The highest BCUT2D eigenvalue weighted by Crippen LogP contribution is 2.24. The normalized spacial score (nSPS) is 19.1. The van der Waals surface area contributed by atoms with Gasteiger partial charge >= 0.3 is 5.97 Å². The van der Waals surface area contributed by atoms with Gasteiger partial charge < -0.3 is 24.4 Å². The Morgan fingerprint density at radius 1 is 1.32 bits per heavy atom. The van der Waals surface area contributed by atoms with Crippen LogP contribution in [0.2, 0.25) is 0 Å². The lowest BCUT2D eigenvalue weighted by Crippen LogP contribution is -2.50. The maximum Gasteiger partial charge on any atom is 0.338 e. The first-order valence-electron chi connectivity index (χ1n) is 5.97. The molecule has 6 nitrogen and oxygen atoms in total. The van der Waals surface area contributed by atoms with Gasteiger partial charge in [-0.05, 0) is 12.1 Å². The summed E-state index contributed by atoms with van der Waals surface area (Å²) in [6.07, 6.45) is -1.27. The van der Waals surface area contributed by atoms with Gasteiger partial charge in [0.15, 0.2) is 0 Å². The molecule has 1 aromatic rings. The van der Waals surface area contributed by atoms with Gasteiger partial charge in [0, 0.05) is 0 Å². The van der Waals surface area contributed by atoms with Crippen molar-refractivity contribution in [3.8, 4) is 0 Å². The third-order valence-electron chi connectivity index (χ3n) is 2.87. The molecule has 1 fully saturated rings. The van der Waals surface area contributed by atoms with Gasteiger partial charge in [0.25, 0.3) is 0 Å². The second-order valence-corrected chi connectivity index (χ2v) is 4.15. The molecule has 6 heteroatoms. The minimum atomic E-state index is -1.47. The molecule has 0 radical (unpaired) electrons. The summed E-state index contributed by atoms with van der Waals surface area (Å²) < 4.78 is 15.6. The van der Waals surface area contributed by atoms with Crippen molar-refractivity contribution in [2.75, 3.05) is 26.4 Å². The van der Waals surface area contributed by atoms with Crippen molar-refractivity contribution in [3.63, 3.8) is 0 Å². The fraction of sp³-hybridized carbons (Fsp3) is 0.462. The molecule has 19 heavy (non-hydrogen) atoms. The molecule has 1 aliphatic heterocycles. The third-order valence-corrected chi connectivity index (χ3v) is 2.87. The minimum Gasteiger partial charge on any atom is -0.456 e. The number of carbonyl (C=O) groups excluding carboxylic acids is 1. The Balaban J connectivity index is 1.98. The summed E-state index contributed by atoms with van der Waals surface area (Å²) in [4.78, 5) is 11.8. The Hall–Kier alpha value is -1.47. The van der Waals surface area contributed by atoms with E-state index in [2.05, 4.69) is 0 Å². The van der Waals surface area contributed by atoms with Crippen molar-refractivity contribution < 1.29 is 29.2 Å². The Morgan fingerprint density at radius 2 is 1.95 bits per heavy atom. The quantitative estimate of drug-likeness (QED) is 0.728. The molecule has 1 heterocycles. The fourth-order valence-corrected chi connectivity index (χ4v) is 1.81. The summed E-state index contributed by atoms with van der Waals surface area (Å²) in [5.41, 5.74) is 0.397. The third kappa shape index (κ3) is 3.10. The van der Waals surface area contributed by atoms with E-state index in [1.807, 2.05) is 0 Å². The van der Waals surface area contributed by atoms with E-state index in [4.69, 9.17) is 19.3 Å². The number of hydrogen-bond donors (Lipinski definition) is 2. The lowest BCUT2D eigenvalue weighted by atomic mass is 10.1. The van der Waals surface area contributed by atoms with Crippen molar-refractivity contribution >= 4 is 5.97 Å². The Labute approximate surface area is 110 Å². The summed E-state index contributed by atoms with van der Waals surface area (Å²) in [5.74, 6) is -2.01. The molecule has 0 spiro atoms. The van der Waals surface area contributed by atoms with Gasteiger partial charge in [-0.2, -0.15) is 0 Å². The minimum absolute atomic E-state index is 0.275. The molecule has 1 unspecified atom stereocenters. The number of aliphatic hydroxyl groups is 2. The smallest absolute Gasteiger partial charge is 0.338 e. The van der Waals surface area contributed by atoms with Crippen LogP contribution in [-0.2, 0) is 14.2 Å². The molecular weight excluding hydrogens is 252 g/mol. The van der Waals surface area contributed by atoms with Crippen LogP contribution >= 0.6 is 0 Å². The first-order chi connectivity index (χ1) is 9.18. The highest BCUT2D eigenvalue weighted by atomic mass is 16.8. The Morgan fingerprint density at radius 3 is 2.53 bits per heavy atom. The van der Waals surface area contributed by atoms with Crippen LogP contribution in [0.5, 0.6) is 0 Å². The Bertz CT molecular complexity index is 412. The predicted octanol–water partition coefficient (Wildman–Crippen LogP) is -0.0603. The second kappa shape index (κ2) is 6.12. The SMILES string of the molecule is O=C(OCC1(C(O)CO)OCCO1)c1ccccc1. The zero-order chi connectivity index (χ0) is 13.7. The molecule has 1 saturated heterocycles. The molecule has 0 saturated carbocycles. The average Bonchev–Trinajstić information content (AvgIpc) is 2.95. The number of rotatable bonds is 5. The van der Waals surface area contributed by atoms with Gasteiger partial charge in [-0.15, -0.1) is 0 Å². The van der Waals surface area contributed by atoms with E-state index >= 15 is 0 Å². The zero-order valence-corrected chi connectivity index (χ0v) is 10.3. The van der Waals surface area contributed by atoms with Gasteiger partial charge in [0.1, 0.15) is 12.7 Å². The maximum atomic E-state index is 11.8. The van der Waals surface area contributed by atoms with Crippen molar-refractivity contribution in [2.45, 2.75) is 11.9 Å². The predicted molar refractivity (Wildman–Crippen MR) is 64.5 cm³/mol. The van der Waals surface area contributed by atoms with Gasteiger partial charge in [-0.3, -0.25) is 0 Å². The highest BCUT2D eigenvalue weighted by Gasteiger charge is 2.45. The molecule has 1 atom stereocenters. The summed E-state index contributed by atoms with van der Waals surface area (Å²) >= 11 is 0. The maximum absolute atomic E-state index is 11.8. The molecular formula is C13H16O6. The van der Waals surface area contributed by atoms with Crippen LogP contribution in [0, 0.1) is 0 Å². The number of hydrogen-bond acceptors (Lipinski definition) is 6. The molecule has 2 rings (SSSR count). The fourth-order valence-electron chi connectivity index (χ4n) is 1.81. The van der Waals surface area contributed by atoms with E-state index in [0.29, 0.717) is 5.56 Å². The Kier molecular flexibility index (Phi) is 4.49. The van der Waals surface area contributed by atoms with Gasteiger partial charge in [0.05, 0.1) is 25.4 Å². The van der Waals surface area contributed by atoms with E-state index < -0.39 is 24.5 Å². The number of aliphatic hydroxyl groups excluding tert-OH is 2. The lowest BCUT2D eigenvalue weighted by molar-refractivity contribution is -0.245. The standard InChI is InChI=1S/C13H16O6/c14-8-11(15)13(18-6-7-19-13)9-17-12(16)10-4-2-1-3-5-10/h1-5,11,14-15H,6-9H2. The van der Waals surface area contributed by atoms with Crippen LogP contribution in [0.25, 0.3) is 0 Å². The van der Waals surface area contributed by atoms with E-state index in [1.165, 1.54) is 0 Å². The summed E-state index contributed by atoms with van der Waals surface area (Å²) in [6.45, 7) is -0.259. The van der Waals surface area contributed by atoms with Crippen molar-refractivity contribution in [1.82, 2.24) is 0 Å². The number of esters is 1. The largest absolute Gasteiger partial charge is 0.456 e. The van der Waals surface area contributed by atoms with Crippen molar-refractivity contribution in [3.05, 3.63) is 35.9 Å². The number of ether oxygens (including phenoxy) is 3. The molecule has 104 valence electrons.